The van der Waals surface area contributed by atoms with Crippen LogP contribution in [0.2, 0.25) is 0 Å². The van der Waals surface area contributed by atoms with E-state index in [4.69, 9.17) is 28.4 Å². The lowest BCUT2D eigenvalue weighted by Crippen LogP contribution is -2.69. The van der Waals surface area contributed by atoms with Crippen LogP contribution in [0.25, 0.3) is 0 Å². The molecule has 3 heterocycles. The van der Waals surface area contributed by atoms with Crippen LogP contribution < -0.4 is 0 Å². The van der Waals surface area contributed by atoms with E-state index in [-0.39, 0.29) is 127 Å². The van der Waals surface area contributed by atoms with Crippen LogP contribution in [0.5, 0.6) is 0 Å². The van der Waals surface area contributed by atoms with Gasteiger partial charge >= 0.3 is 11.9 Å². The van der Waals surface area contributed by atoms with Crippen molar-refractivity contribution in [3.05, 3.63) is 11.6 Å². The molecule has 8 saturated carbocycles. The molecule has 67 heavy (non-hydrogen) atoms. The molecule has 5 N–H and O–H groups in total. The fraction of sp³-hybridized carbons (Fsp3) is 0.926. The number of aliphatic hydroxyl groups excluding tert-OH is 3. The van der Waals surface area contributed by atoms with Crippen LogP contribution in [0.4, 0.5) is 0 Å². The Labute approximate surface area is 397 Å². The molecule has 0 spiro atoms. The number of fused-ring (bicyclic) bond motifs is 9. The minimum atomic E-state index is -1.25. The fourth-order valence-corrected chi connectivity index (χ4v) is 18.6. The van der Waals surface area contributed by atoms with Crippen molar-refractivity contribution < 1.29 is 63.5 Å². The number of carbonyl (C=O) groups excluding carboxylic acids is 2. The van der Waals surface area contributed by atoms with E-state index in [0.29, 0.717) is 62.7 Å². The van der Waals surface area contributed by atoms with E-state index in [0.717, 1.165) is 76.2 Å². The van der Waals surface area contributed by atoms with Crippen LogP contribution in [0.1, 0.15) is 150 Å². The molecule has 0 amide bonds. The third-order valence-corrected chi connectivity index (χ3v) is 21.7. The summed E-state index contributed by atoms with van der Waals surface area (Å²) in [5.41, 5.74) is -2.37. The summed E-state index contributed by atoms with van der Waals surface area (Å²) < 4.78 is 39.3. The number of rotatable bonds is 7. The summed E-state index contributed by atoms with van der Waals surface area (Å²) in [6.07, 6.45) is 14.3. The maximum Gasteiger partial charge on any atom is 0.331 e. The van der Waals surface area contributed by atoms with Crippen molar-refractivity contribution in [2.24, 2.45) is 70.5 Å². The van der Waals surface area contributed by atoms with Gasteiger partial charge in [0, 0.05) is 44.3 Å². The van der Waals surface area contributed by atoms with Crippen LogP contribution in [0, 0.1) is 70.5 Å². The predicted molar refractivity (Wildman–Crippen MR) is 244 cm³/mol. The molecular formula is C54H82O13. The molecule has 9 unspecified atom stereocenters. The predicted octanol–water partition coefficient (Wildman–Crippen LogP) is 5.97. The number of cyclic esters (lactones) is 1. The lowest BCUT2D eigenvalue weighted by Gasteiger charge is -2.64. The molecule has 11 rings (SSSR count). The Morgan fingerprint density at radius 3 is 2.34 bits per heavy atom. The lowest BCUT2D eigenvalue weighted by atomic mass is 9.43. The van der Waals surface area contributed by atoms with Crippen LogP contribution in [0.3, 0.4) is 0 Å². The van der Waals surface area contributed by atoms with E-state index in [2.05, 4.69) is 27.7 Å². The second kappa shape index (κ2) is 17.5. The van der Waals surface area contributed by atoms with E-state index in [9.17, 15) is 35.1 Å². The summed E-state index contributed by atoms with van der Waals surface area (Å²) in [5.74, 6) is 0.378. The summed E-state index contributed by atoms with van der Waals surface area (Å²) in [6, 6.07) is 0. The second-order valence-electron chi connectivity index (χ2n) is 25.1. The van der Waals surface area contributed by atoms with Crippen LogP contribution in [-0.2, 0) is 38.0 Å². The lowest BCUT2D eigenvalue weighted by molar-refractivity contribution is -0.304. The molecule has 0 radical (unpaired) electrons. The number of ether oxygens (including phenoxy) is 6. The van der Waals surface area contributed by atoms with E-state index in [1.54, 1.807) is 6.08 Å². The molecule has 0 bridgehead atoms. The van der Waals surface area contributed by atoms with Gasteiger partial charge in [0.05, 0.1) is 60.5 Å². The Hall–Kier alpha value is -1.68. The first-order chi connectivity index (χ1) is 31.9. The summed E-state index contributed by atoms with van der Waals surface area (Å²) in [6.45, 7) is 10.8. The normalized spacial score (nSPS) is 55.8. The maximum atomic E-state index is 12.7. The summed E-state index contributed by atoms with van der Waals surface area (Å²) >= 11 is 0. The highest BCUT2D eigenvalue weighted by Gasteiger charge is 2.72. The fourth-order valence-electron chi connectivity index (χ4n) is 18.6. The number of aliphatic hydroxyl groups is 5. The zero-order valence-corrected chi connectivity index (χ0v) is 40.8. The van der Waals surface area contributed by atoms with Gasteiger partial charge in [0.2, 0.25) is 0 Å². The zero-order valence-electron chi connectivity index (χ0n) is 40.8. The molecular weight excluding hydrogens is 857 g/mol. The van der Waals surface area contributed by atoms with Crippen molar-refractivity contribution in [1.82, 2.24) is 0 Å². The summed E-state index contributed by atoms with van der Waals surface area (Å²) in [5, 5.41) is 58.0. The van der Waals surface area contributed by atoms with Gasteiger partial charge in [-0.25, -0.2) is 4.79 Å². The molecule has 13 heteroatoms. The molecule has 10 fully saturated rings. The second-order valence-corrected chi connectivity index (χ2v) is 25.1. The largest absolute Gasteiger partial charge is 0.458 e. The first kappa shape index (κ1) is 47.6. The van der Waals surface area contributed by atoms with Gasteiger partial charge < -0.3 is 54.0 Å². The molecule has 0 aromatic rings. The average molecular weight is 939 g/mol. The Kier molecular flexibility index (Phi) is 12.5. The topological polar surface area (TPSA) is 191 Å². The molecule has 25 atom stereocenters. The monoisotopic (exact) mass is 939 g/mol. The van der Waals surface area contributed by atoms with Crippen molar-refractivity contribution in [3.8, 4) is 0 Å². The van der Waals surface area contributed by atoms with Gasteiger partial charge in [-0.1, -0.05) is 27.7 Å². The van der Waals surface area contributed by atoms with Crippen LogP contribution in [-0.4, -0.2) is 129 Å². The number of hydrogen-bond acceptors (Lipinski definition) is 13. The molecule has 8 aliphatic carbocycles. The van der Waals surface area contributed by atoms with Gasteiger partial charge in [-0.3, -0.25) is 4.79 Å². The standard InChI is InChI=1S/C54H82O13/c1-27-14-35(63-36-10-12-51(5)34(21-36)6-8-41-42(51)15-28(2)54(61)40(11-13-53(41,54)60)33-20-48(59)62-26-33)7-9-45(27)64-37-18-32-19-38-29(3)50-52(67-30(4)56,24-47(38)65-49(32)44(58)22-37)23-39-43(57)16-31(25-55)17-46(39)66-50/h20,27-29,31-32,34-47,49-50,55,57-58,60-61H,6-19,21-26H2,1-5H3/t27?,28-,29+,31-,32-,34?,35?,36?,37-,38+,39?,40-,41?,42?,43-,44+,45+,46-,47+,49-,50?,51+,52?,53+,54+/m1/s1. The van der Waals surface area contributed by atoms with Gasteiger partial charge in [0.15, 0.2) is 0 Å². The number of hydrogen-bond donors (Lipinski definition) is 5. The molecule has 0 aromatic heterocycles. The van der Waals surface area contributed by atoms with Crippen molar-refractivity contribution in [2.45, 2.75) is 228 Å². The van der Waals surface area contributed by atoms with Gasteiger partial charge in [0.1, 0.15) is 23.9 Å². The average Bonchev–Trinajstić information content (AvgIpc) is 3.84. The third kappa shape index (κ3) is 7.77. The van der Waals surface area contributed by atoms with E-state index in [1.165, 1.54) is 6.92 Å². The van der Waals surface area contributed by atoms with Gasteiger partial charge in [0.25, 0.3) is 0 Å². The first-order valence-electron chi connectivity index (χ1n) is 27.0. The first-order valence-corrected chi connectivity index (χ1v) is 27.0. The van der Waals surface area contributed by atoms with Crippen molar-refractivity contribution in [3.63, 3.8) is 0 Å². The molecule has 11 aliphatic rings. The van der Waals surface area contributed by atoms with E-state index >= 15 is 0 Å². The zero-order chi connectivity index (χ0) is 46.9. The quantitative estimate of drug-likeness (QED) is 0.188. The smallest absolute Gasteiger partial charge is 0.331 e. The van der Waals surface area contributed by atoms with Crippen molar-refractivity contribution in [2.75, 3.05) is 13.2 Å². The Morgan fingerprint density at radius 1 is 0.791 bits per heavy atom. The molecule has 2 saturated heterocycles. The van der Waals surface area contributed by atoms with Crippen molar-refractivity contribution in [1.29, 1.82) is 0 Å². The van der Waals surface area contributed by atoms with E-state index < -0.39 is 29.0 Å². The van der Waals surface area contributed by atoms with Gasteiger partial charge in [-0.2, -0.15) is 0 Å². The molecule has 0 aromatic carbocycles. The highest BCUT2D eigenvalue weighted by Crippen LogP contribution is 2.69. The minimum absolute atomic E-state index is 0.00869. The highest BCUT2D eigenvalue weighted by molar-refractivity contribution is 5.85. The third-order valence-electron chi connectivity index (χ3n) is 21.7. The van der Waals surface area contributed by atoms with E-state index in [1.807, 2.05) is 0 Å². The maximum absolute atomic E-state index is 12.7. The molecule has 376 valence electrons. The number of esters is 2. The Balaban J connectivity index is 0.685. The Morgan fingerprint density at radius 2 is 1.60 bits per heavy atom. The van der Waals surface area contributed by atoms with Crippen LogP contribution >= 0.6 is 0 Å². The minimum Gasteiger partial charge on any atom is -0.458 e. The molecule has 13 nitrogen and oxygen atoms in total. The van der Waals surface area contributed by atoms with Gasteiger partial charge in [-0.15, -0.1) is 0 Å². The molecule has 3 aliphatic heterocycles. The van der Waals surface area contributed by atoms with Crippen molar-refractivity contribution >= 4 is 11.9 Å². The number of carbonyl (C=O) groups is 2. The SMILES string of the molecule is CC(=O)OC12CC3[C@H](O)C[C@@H](CO)C[C@H]3OC1[C@@H](C)[C@@H]1C[C@H]3C[C@@H](O[C@H]4CCC(OC5CC[C@@]6(C)C(CCC7C6C[C@@H](C)[C@]6(O)[C@@H](C8=CC(=O)OC8)CC[C@]76O)C5)CC4C)C[C@H](O)[C@@H]3O[C@H]1C2. The van der Waals surface area contributed by atoms with Gasteiger partial charge in [-0.05, 0) is 167 Å². The summed E-state index contributed by atoms with van der Waals surface area (Å²) in [7, 11) is 0. The highest BCUT2D eigenvalue weighted by atomic mass is 16.6. The van der Waals surface area contributed by atoms with Crippen LogP contribution in [0.15, 0.2) is 11.6 Å². The Bertz CT molecular complexity index is 1910. The summed E-state index contributed by atoms with van der Waals surface area (Å²) in [4.78, 5) is 24.7.